The number of nitrogens with zero attached hydrogens (tertiary/aromatic N) is 3. The van der Waals surface area contributed by atoms with Gasteiger partial charge < -0.3 is 14.2 Å². The summed E-state index contributed by atoms with van der Waals surface area (Å²) in [5.74, 6) is 1.93. The fourth-order valence-electron chi connectivity index (χ4n) is 4.20. The van der Waals surface area contributed by atoms with Crippen LogP contribution in [-0.2, 0) is 10.5 Å². The average molecular weight is 503 g/mol. The second-order valence-corrected chi connectivity index (χ2v) is 9.27. The number of rotatable bonds is 6. The number of para-hydroxylation sites is 1. The van der Waals surface area contributed by atoms with Crippen LogP contribution < -0.4 is 30.1 Å². The van der Waals surface area contributed by atoms with Crippen LogP contribution in [0.5, 0.6) is 17.2 Å². The second kappa shape index (κ2) is 9.94. The summed E-state index contributed by atoms with van der Waals surface area (Å²) in [6.07, 6.45) is -0.607. The molecule has 36 heavy (non-hydrogen) atoms. The van der Waals surface area contributed by atoms with Crippen molar-refractivity contribution in [3.05, 3.63) is 87.9 Å². The quantitative estimate of drug-likeness (QED) is 0.558. The number of amidine groups is 1. The van der Waals surface area contributed by atoms with E-state index in [1.165, 1.54) is 17.3 Å². The number of fused-ring (bicyclic) bond motifs is 2. The molecule has 3 aromatic rings. The number of carbonyl (C=O) groups is 1. The molecular formula is C27H26N4O4S. The third-order valence-corrected chi connectivity index (χ3v) is 6.93. The number of nitrogens with one attached hydrogen (secondary N) is 1. The first kappa shape index (κ1) is 23.7. The minimum Gasteiger partial charge on any atom is -0.493 e. The topological polar surface area (TPSA) is 84.8 Å². The lowest BCUT2D eigenvalue weighted by atomic mass is 10.1. The molecule has 0 bridgehead atoms. The van der Waals surface area contributed by atoms with Crippen LogP contribution in [0.25, 0.3) is 5.70 Å². The van der Waals surface area contributed by atoms with E-state index in [-0.39, 0.29) is 5.91 Å². The van der Waals surface area contributed by atoms with Crippen molar-refractivity contribution in [1.82, 2.24) is 10.3 Å². The van der Waals surface area contributed by atoms with Gasteiger partial charge >= 0.3 is 0 Å². The van der Waals surface area contributed by atoms with Crippen molar-refractivity contribution < 1.29 is 19.0 Å². The third-order valence-electron chi connectivity index (χ3n) is 6.00. The summed E-state index contributed by atoms with van der Waals surface area (Å²) in [7, 11) is 4.69. The number of methoxy groups -OCH3 is 3. The lowest BCUT2D eigenvalue weighted by molar-refractivity contribution is -0.116. The summed E-state index contributed by atoms with van der Waals surface area (Å²) in [6.45, 7) is 2.06. The van der Waals surface area contributed by atoms with E-state index in [1.54, 1.807) is 26.3 Å². The molecule has 0 spiro atoms. The van der Waals surface area contributed by atoms with Gasteiger partial charge in [-0.05, 0) is 30.7 Å². The zero-order valence-electron chi connectivity index (χ0n) is 20.4. The van der Waals surface area contributed by atoms with E-state index in [4.69, 9.17) is 24.3 Å². The van der Waals surface area contributed by atoms with Crippen molar-refractivity contribution in [3.63, 3.8) is 0 Å². The number of amides is 1. The Morgan fingerprint density at radius 2 is 1.67 bits per heavy atom. The maximum Gasteiger partial charge on any atom is 0.276 e. The summed E-state index contributed by atoms with van der Waals surface area (Å²) in [5.41, 5.74) is 3.54. The van der Waals surface area contributed by atoms with E-state index in [2.05, 4.69) is 36.5 Å². The summed E-state index contributed by atoms with van der Waals surface area (Å²) in [4.78, 5) is 18.3. The number of thioether (sulfide) groups is 1. The molecule has 2 aliphatic heterocycles. The van der Waals surface area contributed by atoms with Crippen molar-refractivity contribution in [1.29, 1.82) is 0 Å². The van der Waals surface area contributed by atoms with Crippen LogP contribution in [-0.4, -0.2) is 37.4 Å². The molecule has 8 nitrogen and oxygen atoms in total. The van der Waals surface area contributed by atoms with Crippen molar-refractivity contribution in [2.24, 2.45) is 10.1 Å². The van der Waals surface area contributed by atoms with Gasteiger partial charge in [-0.2, -0.15) is 0 Å². The van der Waals surface area contributed by atoms with Gasteiger partial charge in [0, 0.05) is 16.5 Å². The predicted molar refractivity (Wildman–Crippen MR) is 139 cm³/mol. The third kappa shape index (κ3) is 4.37. The fourth-order valence-corrected chi connectivity index (χ4v) is 5.00. The standard InChI is InChI=1S/C27H26N4O4S/c1-16-9-11-17(12-10-16)15-36-27-29-26(32)23-19-7-5-6-8-20(19)28-25(31(23)30-27)18-13-21(33-2)24(35-4)22(14-18)34-3/h5-14,25H,15H2,1-4H3,(H,29,30,32)/t25-/m1/s1. The van der Waals surface area contributed by atoms with E-state index in [9.17, 15) is 4.79 Å². The van der Waals surface area contributed by atoms with Gasteiger partial charge in [0.2, 0.25) is 5.75 Å². The van der Waals surface area contributed by atoms with E-state index in [1.807, 2.05) is 36.4 Å². The highest BCUT2D eigenvalue weighted by molar-refractivity contribution is 8.13. The monoisotopic (exact) mass is 502 g/mol. The SMILES string of the molecule is COc1cc([C@@H]2N=c3ccccc3=C3C(=O)NC(SCc4ccc(C)cc4)=NN32)cc(OC)c1OC. The number of benzene rings is 3. The fraction of sp³-hybridized carbons (Fsp3) is 0.222. The van der Waals surface area contributed by atoms with Crippen LogP contribution >= 0.6 is 11.8 Å². The number of carbonyl (C=O) groups excluding carboxylic acids is 1. The maximum absolute atomic E-state index is 13.4. The zero-order valence-corrected chi connectivity index (χ0v) is 21.3. The van der Waals surface area contributed by atoms with Crippen molar-refractivity contribution in [2.75, 3.05) is 21.3 Å². The van der Waals surface area contributed by atoms with E-state index in [0.29, 0.717) is 39.2 Å². The first-order valence-electron chi connectivity index (χ1n) is 11.4. The van der Waals surface area contributed by atoms with Gasteiger partial charge in [0.1, 0.15) is 5.70 Å². The Kier molecular flexibility index (Phi) is 6.56. The minimum absolute atomic E-state index is 0.226. The van der Waals surface area contributed by atoms with Gasteiger partial charge in [0.15, 0.2) is 22.8 Å². The van der Waals surface area contributed by atoms with Gasteiger partial charge in [-0.3, -0.25) is 15.1 Å². The van der Waals surface area contributed by atoms with Crippen LogP contribution in [0, 0.1) is 6.92 Å². The normalized spacial score (nSPS) is 16.3. The number of ether oxygens (including phenoxy) is 3. The van der Waals surface area contributed by atoms with Gasteiger partial charge in [0.05, 0.1) is 26.7 Å². The van der Waals surface area contributed by atoms with Crippen LogP contribution in [0.2, 0.25) is 0 Å². The van der Waals surface area contributed by atoms with Gasteiger partial charge in [-0.25, -0.2) is 5.01 Å². The Bertz CT molecular complexity index is 1440. The molecule has 2 heterocycles. The Labute approximate surface area is 213 Å². The second-order valence-electron chi connectivity index (χ2n) is 8.31. The Balaban J connectivity index is 1.59. The summed E-state index contributed by atoms with van der Waals surface area (Å²) >= 11 is 1.47. The number of aryl methyl sites for hydroxylation is 1. The molecule has 184 valence electrons. The summed E-state index contributed by atoms with van der Waals surface area (Å²) < 4.78 is 16.6. The molecule has 0 saturated heterocycles. The Morgan fingerprint density at radius 3 is 2.33 bits per heavy atom. The summed E-state index contributed by atoms with van der Waals surface area (Å²) in [5, 5.41) is 11.4. The Hall–Kier alpha value is -3.98. The van der Waals surface area contributed by atoms with Crippen LogP contribution in [0.3, 0.4) is 0 Å². The van der Waals surface area contributed by atoms with E-state index >= 15 is 0 Å². The molecule has 2 aliphatic rings. The molecular weight excluding hydrogens is 476 g/mol. The van der Waals surface area contributed by atoms with Gasteiger partial charge in [-0.15, -0.1) is 5.10 Å². The van der Waals surface area contributed by atoms with Crippen molar-refractivity contribution >= 4 is 28.5 Å². The van der Waals surface area contributed by atoms with Crippen molar-refractivity contribution in [3.8, 4) is 17.2 Å². The van der Waals surface area contributed by atoms with Crippen molar-refractivity contribution in [2.45, 2.75) is 18.8 Å². The molecule has 1 amide bonds. The molecule has 9 heteroatoms. The predicted octanol–water partition coefficient (Wildman–Crippen LogP) is 3.10. The molecule has 5 rings (SSSR count). The average Bonchev–Trinajstić information content (AvgIpc) is 2.91. The molecule has 0 saturated carbocycles. The molecule has 1 atom stereocenters. The molecule has 0 radical (unpaired) electrons. The maximum atomic E-state index is 13.4. The number of hydrogen-bond acceptors (Lipinski definition) is 8. The highest BCUT2D eigenvalue weighted by atomic mass is 32.2. The van der Waals surface area contributed by atoms with E-state index < -0.39 is 6.17 Å². The molecule has 0 aliphatic carbocycles. The largest absolute Gasteiger partial charge is 0.493 e. The lowest BCUT2D eigenvalue weighted by Crippen LogP contribution is -2.50. The Morgan fingerprint density at radius 1 is 0.972 bits per heavy atom. The van der Waals surface area contributed by atoms with Crippen LogP contribution in [0.1, 0.15) is 22.9 Å². The molecule has 1 N–H and O–H groups in total. The molecule has 0 unspecified atom stereocenters. The first-order chi connectivity index (χ1) is 17.5. The molecule has 3 aromatic carbocycles. The zero-order chi connectivity index (χ0) is 25.2. The number of hydrogen-bond donors (Lipinski definition) is 1. The molecule has 0 fully saturated rings. The smallest absolute Gasteiger partial charge is 0.276 e. The van der Waals surface area contributed by atoms with Crippen LogP contribution in [0.4, 0.5) is 0 Å². The highest BCUT2D eigenvalue weighted by Crippen LogP contribution is 2.42. The van der Waals surface area contributed by atoms with Gasteiger partial charge in [0.25, 0.3) is 5.91 Å². The van der Waals surface area contributed by atoms with Crippen LogP contribution in [0.15, 0.2) is 70.8 Å². The number of hydrazone groups is 1. The van der Waals surface area contributed by atoms with E-state index in [0.717, 1.165) is 16.3 Å². The molecule has 0 aromatic heterocycles. The minimum atomic E-state index is -0.607. The summed E-state index contributed by atoms with van der Waals surface area (Å²) in [6, 6.07) is 19.5. The first-order valence-corrected chi connectivity index (χ1v) is 12.4. The highest BCUT2D eigenvalue weighted by Gasteiger charge is 2.35. The van der Waals surface area contributed by atoms with Gasteiger partial charge in [-0.1, -0.05) is 59.8 Å². The lowest BCUT2D eigenvalue weighted by Gasteiger charge is -2.34.